The highest BCUT2D eigenvalue weighted by Gasteiger charge is 2.18. The van der Waals surface area contributed by atoms with Gasteiger partial charge in [0, 0.05) is 45.0 Å². The molecule has 0 amide bonds. The van der Waals surface area contributed by atoms with Gasteiger partial charge < -0.3 is 4.74 Å². The molecule has 0 N–H and O–H groups in total. The fourth-order valence-corrected chi connectivity index (χ4v) is 3.63. The van der Waals surface area contributed by atoms with Crippen LogP contribution in [0.1, 0.15) is 5.69 Å². The summed E-state index contributed by atoms with van der Waals surface area (Å²) in [6.07, 6.45) is 3.51. The standard InChI is InChI=1S/C21H18FN3O2S/c1-13-10-11-25-20(15-6-9-18(27-2)17(22)12-15)19(24-21(25)23-13)14-4-7-16(8-5-14)28(3)26/h4-12H,1-3H3. The summed E-state index contributed by atoms with van der Waals surface area (Å²) in [6, 6.07) is 14.1. The van der Waals surface area contributed by atoms with E-state index in [0.717, 1.165) is 21.8 Å². The largest absolute Gasteiger partial charge is 0.494 e. The normalized spacial score (nSPS) is 12.3. The lowest BCUT2D eigenvalue weighted by atomic mass is 10.0. The molecule has 0 saturated carbocycles. The van der Waals surface area contributed by atoms with Crippen molar-refractivity contribution in [1.29, 1.82) is 0 Å². The monoisotopic (exact) mass is 395 g/mol. The average Bonchev–Trinajstić information content (AvgIpc) is 3.06. The molecule has 2 aromatic carbocycles. The third kappa shape index (κ3) is 3.18. The quantitative estimate of drug-likeness (QED) is 0.518. The molecular weight excluding hydrogens is 377 g/mol. The molecule has 0 spiro atoms. The molecule has 2 heterocycles. The zero-order chi connectivity index (χ0) is 19.8. The summed E-state index contributed by atoms with van der Waals surface area (Å²) in [5.74, 6) is 0.268. The van der Waals surface area contributed by atoms with Crippen molar-refractivity contribution in [1.82, 2.24) is 14.4 Å². The lowest BCUT2D eigenvalue weighted by Crippen LogP contribution is -1.94. The maximum absolute atomic E-state index is 14.4. The van der Waals surface area contributed by atoms with Crippen molar-refractivity contribution in [3.05, 3.63) is 66.2 Å². The van der Waals surface area contributed by atoms with Gasteiger partial charge in [0.05, 0.1) is 18.5 Å². The van der Waals surface area contributed by atoms with Crippen LogP contribution in [0.5, 0.6) is 5.75 Å². The number of rotatable bonds is 4. The molecule has 5 nitrogen and oxygen atoms in total. The summed E-state index contributed by atoms with van der Waals surface area (Å²) < 4.78 is 32.9. The molecule has 142 valence electrons. The lowest BCUT2D eigenvalue weighted by Gasteiger charge is -2.08. The van der Waals surface area contributed by atoms with Gasteiger partial charge in [-0.05, 0) is 43.3 Å². The summed E-state index contributed by atoms with van der Waals surface area (Å²) in [7, 11) is 0.373. The van der Waals surface area contributed by atoms with Gasteiger partial charge in [-0.25, -0.2) is 14.4 Å². The van der Waals surface area contributed by atoms with E-state index in [1.807, 2.05) is 47.9 Å². The predicted molar refractivity (Wildman–Crippen MR) is 107 cm³/mol. The number of fused-ring (bicyclic) bond motifs is 1. The number of nitrogens with zero attached hydrogens (tertiary/aromatic N) is 3. The Balaban J connectivity index is 1.96. The van der Waals surface area contributed by atoms with Gasteiger partial charge in [-0.15, -0.1) is 0 Å². The minimum atomic E-state index is -1.06. The maximum atomic E-state index is 14.4. The number of halogens is 1. The zero-order valence-corrected chi connectivity index (χ0v) is 16.5. The molecule has 28 heavy (non-hydrogen) atoms. The fraction of sp³-hybridized carbons (Fsp3) is 0.143. The Kier molecular flexibility index (Phi) is 4.68. The van der Waals surface area contributed by atoms with Crippen LogP contribution in [0, 0.1) is 12.7 Å². The zero-order valence-electron chi connectivity index (χ0n) is 15.6. The number of methoxy groups -OCH3 is 1. The molecule has 0 fully saturated rings. The molecule has 0 aliphatic heterocycles. The molecule has 4 rings (SSSR count). The molecule has 0 radical (unpaired) electrons. The predicted octanol–water partition coefficient (Wildman–Crippen LogP) is 4.26. The number of benzene rings is 2. The lowest BCUT2D eigenvalue weighted by molar-refractivity contribution is 0.386. The van der Waals surface area contributed by atoms with Crippen LogP contribution < -0.4 is 4.74 Å². The first-order valence-corrected chi connectivity index (χ1v) is 10.2. The SMILES string of the molecule is COc1ccc(-c2c(-c3ccc(S(C)=O)cc3)nc3nc(C)ccn23)cc1F. The van der Waals surface area contributed by atoms with Crippen molar-refractivity contribution < 1.29 is 13.3 Å². The Morgan fingerprint density at radius 3 is 2.39 bits per heavy atom. The van der Waals surface area contributed by atoms with E-state index in [1.165, 1.54) is 13.2 Å². The Bertz CT molecular complexity index is 1200. The van der Waals surface area contributed by atoms with Gasteiger partial charge in [-0.1, -0.05) is 12.1 Å². The van der Waals surface area contributed by atoms with E-state index in [0.29, 0.717) is 17.0 Å². The van der Waals surface area contributed by atoms with Gasteiger partial charge >= 0.3 is 0 Å². The van der Waals surface area contributed by atoms with E-state index in [1.54, 1.807) is 18.4 Å². The molecule has 0 saturated heterocycles. The van der Waals surface area contributed by atoms with Crippen LogP contribution in [0.3, 0.4) is 0 Å². The second-order valence-corrected chi connectivity index (χ2v) is 7.76. The molecule has 0 aliphatic rings. The van der Waals surface area contributed by atoms with Gasteiger partial charge in [-0.2, -0.15) is 0 Å². The summed E-state index contributed by atoms with van der Waals surface area (Å²) in [5.41, 5.74) is 3.75. The van der Waals surface area contributed by atoms with Gasteiger partial charge in [-0.3, -0.25) is 8.61 Å². The van der Waals surface area contributed by atoms with Gasteiger partial charge in [0.2, 0.25) is 5.78 Å². The van der Waals surface area contributed by atoms with Gasteiger partial charge in [0.1, 0.15) is 0 Å². The van der Waals surface area contributed by atoms with Crippen molar-refractivity contribution in [2.75, 3.05) is 13.4 Å². The highest BCUT2D eigenvalue weighted by Crippen LogP contribution is 2.34. The van der Waals surface area contributed by atoms with Crippen LogP contribution in [-0.4, -0.2) is 31.9 Å². The topological polar surface area (TPSA) is 56.5 Å². The Hall–Kier alpha value is -3.06. The summed E-state index contributed by atoms with van der Waals surface area (Å²) >= 11 is 0. The third-order valence-electron chi connectivity index (χ3n) is 4.52. The van der Waals surface area contributed by atoms with E-state index < -0.39 is 16.6 Å². The Labute approximate surface area is 164 Å². The van der Waals surface area contributed by atoms with Crippen molar-refractivity contribution in [3.63, 3.8) is 0 Å². The van der Waals surface area contributed by atoms with Crippen LogP contribution >= 0.6 is 0 Å². The van der Waals surface area contributed by atoms with Crippen LogP contribution in [0.2, 0.25) is 0 Å². The molecular formula is C21H18FN3O2S. The second-order valence-electron chi connectivity index (χ2n) is 6.38. The number of imidazole rings is 1. The second kappa shape index (κ2) is 7.16. The highest BCUT2D eigenvalue weighted by atomic mass is 32.2. The number of ether oxygens (including phenoxy) is 1. The van der Waals surface area contributed by atoms with Crippen LogP contribution in [0.15, 0.2) is 59.6 Å². The van der Waals surface area contributed by atoms with Crippen LogP contribution in [-0.2, 0) is 10.8 Å². The molecule has 0 aliphatic carbocycles. The van der Waals surface area contributed by atoms with Gasteiger partial charge in [0.25, 0.3) is 0 Å². The molecule has 7 heteroatoms. The highest BCUT2D eigenvalue weighted by molar-refractivity contribution is 7.84. The van der Waals surface area contributed by atoms with E-state index >= 15 is 0 Å². The fourth-order valence-electron chi connectivity index (χ4n) is 3.11. The molecule has 1 unspecified atom stereocenters. The smallest absolute Gasteiger partial charge is 0.235 e. The van der Waals surface area contributed by atoms with E-state index in [9.17, 15) is 8.60 Å². The van der Waals surface area contributed by atoms with Crippen molar-refractivity contribution >= 4 is 16.6 Å². The van der Waals surface area contributed by atoms with E-state index in [4.69, 9.17) is 4.74 Å². The maximum Gasteiger partial charge on any atom is 0.235 e. The molecule has 2 aromatic heterocycles. The average molecular weight is 395 g/mol. The van der Waals surface area contributed by atoms with E-state index in [2.05, 4.69) is 9.97 Å². The Morgan fingerprint density at radius 2 is 1.75 bits per heavy atom. The summed E-state index contributed by atoms with van der Waals surface area (Å²) in [6.45, 7) is 1.90. The van der Waals surface area contributed by atoms with Crippen molar-refractivity contribution in [3.8, 4) is 28.3 Å². The molecule has 1 atom stereocenters. The molecule has 0 bridgehead atoms. The van der Waals surface area contributed by atoms with E-state index in [-0.39, 0.29) is 5.75 Å². The minimum Gasteiger partial charge on any atom is -0.494 e. The summed E-state index contributed by atoms with van der Waals surface area (Å²) in [4.78, 5) is 9.92. The van der Waals surface area contributed by atoms with Gasteiger partial charge in [0.15, 0.2) is 11.6 Å². The first-order valence-electron chi connectivity index (χ1n) is 8.61. The Morgan fingerprint density at radius 1 is 1.04 bits per heavy atom. The summed E-state index contributed by atoms with van der Waals surface area (Å²) in [5, 5.41) is 0. The van der Waals surface area contributed by atoms with Crippen molar-refractivity contribution in [2.24, 2.45) is 0 Å². The van der Waals surface area contributed by atoms with Crippen LogP contribution in [0.25, 0.3) is 28.3 Å². The number of hydrogen-bond donors (Lipinski definition) is 0. The molecule has 4 aromatic rings. The number of aromatic nitrogens is 3. The first-order chi connectivity index (χ1) is 13.5. The minimum absolute atomic E-state index is 0.183. The van der Waals surface area contributed by atoms with Crippen LogP contribution in [0.4, 0.5) is 4.39 Å². The first kappa shape index (κ1) is 18.3. The number of hydrogen-bond acceptors (Lipinski definition) is 4. The van der Waals surface area contributed by atoms with Crippen molar-refractivity contribution in [2.45, 2.75) is 11.8 Å². The third-order valence-corrected chi connectivity index (χ3v) is 5.45. The number of aryl methyl sites for hydroxylation is 1.